The minimum Gasteiger partial charge on any atom is -0.334 e. The van der Waals surface area contributed by atoms with Gasteiger partial charge in [-0.25, -0.2) is 9.97 Å². The molecule has 0 aliphatic carbocycles. The van der Waals surface area contributed by atoms with Gasteiger partial charge in [0.15, 0.2) is 5.16 Å². The summed E-state index contributed by atoms with van der Waals surface area (Å²) in [5.41, 5.74) is 3.95. The quantitative estimate of drug-likeness (QED) is 0.637. The maximum atomic E-state index is 12.7. The lowest BCUT2D eigenvalue weighted by atomic mass is 10.2. The first-order chi connectivity index (χ1) is 10.9. The Morgan fingerprint density at radius 2 is 1.83 bits per heavy atom. The molecule has 1 atom stereocenters. The second-order valence-electron chi connectivity index (χ2n) is 5.95. The predicted octanol–water partition coefficient (Wildman–Crippen LogP) is 2.12. The van der Waals surface area contributed by atoms with Gasteiger partial charge >= 0.3 is 0 Å². The molecule has 1 amide bonds. The summed E-state index contributed by atoms with van der Waals surface area (Å²) in [6.45, 7) is 9.87. The van der Waals surface area contributed by atoms with Crippen molar-refractivity contribution < 1.29 is 4.79 Å². The number of rotatable bonds is 3. The van der Waals surface area contributed by atoms with Crippen LogP contribution in [0.25, 0.3) is 0 Å². The molecule has 0 saturated heterocycles. The fraction of sp³-hybridized carbons (Fsp3) is 0.500. The maximum absolute atomic E-state index is 12.7. The predicted molar refractivity (Wildman–Crippen MR) is 89.2 cm³/mol. The van der Waals surface area contributed by atoms with Crippen LogP contribution in [0.5, 0.6) is 0 Å². The maximum Gasteiger partial charge on any atom is 0.236 e. The van der Waals surface area contributed by atoms with Crippen LogP contribution in [-0.2, 0) is 17.9 Å². The first kappa shape index (κ1) is 16.0. The minimum absolute atomic E-state index is 0.128. The van der Waals surface area contributed by atoms with Gasteiger partial charge in [-0.15, -0.1) is 0 Å². The van der Waals surface area contributed by atoms with Gasteiger partial charge in [0, 0.05) is 17.9 Å². The molecule has 0 spiro atoms. The molecule has 1 aliphatic heterocycles. The van der Waals surface area contributed by atoms with Crippen LogP contribution in [0.3, 0.4) is 0 Å². The third-order valence-corrected chi connectivity index (χ3v) is 4.77. The molecule has 1 aliphatic rings. The first-order valence-electron chi connectivity index (χ1n) is 7.73. The zero-order chi connectivity index (χ0) is 16.6. The number of hydrogen-bond acceptors (Lipinski definition) is 5. The second kappa shape index (κ2) is 6.31. The summed E-state index contributed by atoms with van der Waals surface area (Å²) < 4.78 is 1.99. The van der Waals surface area contributed by atoms with Crippen LogP contribution in [-0.4, -0.2) is 42.4 Å². The van der Waals surface area contributed by atoms with E-state index >= 15 is 0 Å². The molecule has 0 unspecified atom stereocenters. The van der Waals surface area contributed by atoms with Gasteiger partial charge in [-0.05, 0) is 39.8 Å². The molecule has 0 saturated carbocycles. The van der Waals surface area contributed by atoms with Crippen LogP contribution in [0.2, 0.25) is 0 Å². The highest BCUT2D eigenvalue weighted by atomic mass is 32.2. The lowest BCUT2D eigenvalue weighted by Crippen LogP contribution is -2.42. The van der Waals surface area contributed by atoms with Crippen LogP contribution >= 0.6 is 11.8 Å². The van der Waals surface area contributed by atoms with E-state index in [2.05, 4.69) is 15.1 Å². The molecule has 23 heavy (non-hydrogen) atoms. The highest BCUT2D eigenvalue weighted by molar-refractivity contribution is 8.00. The fourth-order valence-corrected chi connectivity index (χ4v) is 3.77. The third-order valence-electron chi connectivity index (χ3n) is 3.82. The Labute approximate surface area is 140 Å². The standard InChI is InChI=1S/C16H21N5OS/c1-10-7-11(2)18-16(17-10)23-13(4)15(22)20-5-6-21-14(9-20)8-12(3)19-21/h7-8,13H,5-6,9H2,1-4H3/t13-/m1/s1. The minimum atomic E-state index is -0.202. The van der Waals surface area contributed by atoms with Gasteiger partial charge in [0.2, 0.25) is 5.91 Å². The average Bonchev–Trinajstić information content (AvgIpc) is 2.84. The molecule has 3 heterocycles. The smallest absolute Gasteiger partial charge is 0.236 e. The Kier molecular flexibility index (Phi) is 4.39. The van der Waals surface area contributed by atoms with Crippen molar-refractivity contribution in [2.45, 2.75) is 51.2 Å². The molecule has 0 radical (unpaired) electrons. The number of carbonyl (C=O) groups is 1. The van der Waals surface area contributed by atoms with Gasteiger partial charge in [0.1, 0.15) is 0 Å². The largest absolute Gasteiger partial charge is 0.334 e. The number of fused-ring (bicyclic) bond motifs is 1. The van der Waals surface area contributed by atoms with Gasteiger partial charge < -0.3 is 4.90 Å². The number of aromatic nitrogens is 4. The van der Waals surface area contributed by atoms with E-state index in [-0.39, 0.29) is 11.2 Å². The van der Waals surface area contributed by atoms with Crippen molar-refractivity contribution in [2.75, 3.05) is 6.54 Å². The van der Waals surface area contributed by atoms with Gasteiger partial charge in [0.05, 0.1) is 29.7 Å². The fourth-order valence-electron chi connectivity index (χ4n) is 2.81. The van der Waals surface area contributed by atoms with Crippen molar-refractivity contribution in [1.29, 1.82) is 0 Å². The van der Waals surface area contributed by atoms with Gasteiger partial charge in [-0.1, -0.05) is 11.8 Å². The first-order valence-corrected chi connectivity index (χ1v) is 8.61. The van der Waals surface area contributed by atoms with Crippen LogP contribution in [0.1, 0.15) is 29.7 Å². The van der Waals surface area contributed by atoms with E-state index in [1.165, 1.54) is 11.8 Å². The van der Waals surface area contributed by atoms with E-state index in [9.17, 15) is 4.79 Å². The van der Waals surface area contributed by atoms with Crippen molar-refractivity contribution in [1.82, 2.24) is 24.6 Å². The molecule has 0 N–H and O–H groups in total. The van der Waals surface area contributed by atoms with Crippen LogP contribution in [0, 0.1) is 20.8 Å². The zero-order valence-corrected chi connectivity index (χ0v) is 14.7. The number of nitrogens with zero attached hydrogens (tertiary/aromatic N) is 5. The van der Waals surface area contributed by atoms with Gasteiger partial charge in [0.25, 0.3) is 0 Å². The SMILES string of the molecule is Cc1cc(C)nc(S[C@H](C)C(=O)N2CCn3nc(C)cc3C2)n1. The molecule has 0 bridgehead atoms. The Hall–Kier alpha value is -1.89. The molecule has 122 valence electrons. The number of thioether (sulfide) groups is 1. The van der Waals surface area contributed by atoms with Crippen LogP contribution < -0.4 is 0 Å². The molecular weight excluding hydrogens is 310 g/mol. The highest BCUT2D eigenvalue weighted by Crippen LogP contribution is 2.23. The monoisotopic (exact) mass is 331 g/mol. The molecule has 6 nitrogen and oxygen atoms in total. The number of amides is 1. The molecule has 0 fully saturated rings. The van der Waals surface area contributed by atoms with Crippen molar-refractivity contribution in [3.8, 4) is 0 Å². The van der Waals surface area contributed by atoms with E-state index < -0.39 is 0 Å². The van der Waals surface area contributed by atoms with Crippen molar-refractivity contribution >= 4 is 17.7 Å². The summed E-state index contributed by atoms with van der Waals surface area (Å²) in [5.74, 6) is 0.128. The van der Waals surface area contributed by atoms with Crippen LogP contribution in [0.4, 0.5) is 0 Å². The van der Waals surface area contributed by atoms with E-state index in [4.69, 9.17) is 0 Å². The molecule has 3 rings (SSSR count). The Morgan fingerprint density at radius 3 is 2.52 bits per heavy atom. The van der Waals surface area contributed by atoms with Crippen LogP contribution in [0.15, 0.2) is 17.3 Å². The Balaban J connectivity index is 1.68. The highest BCUT2D eigenvalue weighted by Gasteiger charge is 2.26. The average molecular weight is 331 g/mol. The summed E-state index contributed by atoms with van der Waals surface area (Å²) in [5, 5.41) is 4.90. The molecule has 2 aromatic rings. The van der Waals surface area contributed by atoms with E-state index in [0.29, 0.717) is 18.2 Å². The van der Waals surface area contributed by atoms with E-state index in [0.717, 1.165) is 29.3 Å². The second-order valence-corrected chi connectivity index (χ2v) is 7.26. The van der Waals surface area contributed by atoms with E-state index in [1.54, 1.807) is 0 Å². The lowest BCUT2D eigenvalue weighted by Gasteiger charge is -2.29. The van der Waals surface area contributed by atoms with Crippen molar-refractivity contribution in [2.24, 2.45) is 0 Å². The summed E-state index contributed by atoms with van der Waals surface area (Å²) in [7, 11) is 0. The number of aryl methyl sites for hydroxylation is 3. The summed E-state index contributed by atoms with van der Waals surface area (Å²) in [6, 6.07) is 3.98. The lowest BCUT2D eigenvalue weighted by molar-refractivity contribution is -0.131. The molecule has 0 aromatic carbocycles. The normalized spacial score (nSPS) is 15.4. The van der Waals surface area contributed by atoms with Gasteiger partial charge in [-0.3, -0.25) is 9.48 Å². The van der Waals surface area contributed by atoms with E-state index in [1.807, 2.05) is 49.4 Å². The third kappa shape index (κ3) is 3.55. The summed E-state index contributed by atoms with van der Waals surface area (Å²) in [4.78, 5) is 23.4. The molecule has 7 heteroatoms. The van der Waals surface area contributed by atoms with Crippen molar-refractivity contribution in [3.05, 3.63) is 34.9 Å². The molecule has 2 aromatic heterocycles. The number of carbonyl (C=O) groups excluding carboxylic acids is 1. The van der Waals surface area contributed by atoms with Gasteiger partial charge in [-0.2, -0.15) is 5.10 Å². The summed E-state index contributed by atoms with van der Waals surface area (Å²) in [6.07, 6.45) is 0. The number of hydrogen-bond donors (Lipinski definition) is 0. The Morgan fingerprint density at radius 1 is 1.13 bits per heavy atom. The Bertz CT molecular complexity index is 722. The zero-order valence-electron chi connectivity index (χ0n) is 13.9. The van der Waals surface area contributed by atoms with Crippen molar-refractivity contribution in [3.63, 3.8) is 0 Å². The summed E-state index contributed by atoms with van der Waals surface area (Å²) >= 11 is 1.42. The topological polar surface area (TPSA) is 63.9 Å². The molecular formula is C16H21N5OS.